The lowest BCUT2D eigenvalue weighted by atomic mass is 10.3. The number of para-hydroxylation sites is 1. The maximum atomic E-state index is 12.4. The third-order valence-electron chi connectivity index (χ3n) is 3.20. The summed E-state index contributed by atoms with van der Waals surface area (Å²) in [7, 11) is -4.13. The number of likely N-dealkylation sites (N-methyl/N-ethyl adjacent to an activating group) is 1. The fraction of sp³-hybridized carbons (Fsp3) is 0.188. The SMILES string of the molecule is CCNC(=O)COc1ccc(NS(=O)(=O)c2ccccc2[N+](=O)[O-])cc1. The van der Waals surface area contributed by atoms with Crippen molar-refractivity contribution in [2.24, 2.45) is 0 Å². The Morgan fingerprint density at radius 2 is 1.81 bits per heavy atom. The molecule has 0 aliphatic carbocycles. The maximum Gasteiger partial charge on any atom is 0.289 e. The highest BCUT2D eigenvalue weighted by Crippen LogP contribution is 2.26. The van der Waals surface area contributed by atoms with Gasteiger partial charge in [0.15, 0.2) is 11.5 Å². The van der Waals surface area contributed by atoms with E-state index in [2.05, 4.69) is 10.0 Å². The Morgan fingerprint density at radius 1 is 1.15 bits per heavy atom. The van der Waals surface area contributed by atoms with Crippen LogP contribution in [-0.2, 0) is 14.8 Å². The van der Waals surface area contributed by atoms with E-state index < -0.39 is 25.5 Å². The molecule has 0 aromatic heterocycles. The minimum Gasteiger partial charge on any atom is -0.484 e. The van der Waals surface area contributed by atoms with Crippen LogP contribution in [0, 0.1) is 10.1 Å². The summed E-state index contributed by atoms with van der Waals surface area (Å²) in [6.07, 6.45) is 0. The Balaban J connectivity index is 2.11. The molecular weight excluding hydrogens is 362 g/mol. The van der Waals surface area contributed by atoms with Gasteiger partial charge >= 0.3 is 0 Å². The molecule has 0 saturated carbocycles. The number of rotatable bonds is 8. The Hall–Kier alpha value is -3.14. The Morgan fingerprint density at radius 3 is 2.42 bits per heavy atom. The van der Waals surface area contributed by atoms with Crippen LogP contribution in [0.5, 0.6) is 5.75 Å². The Labute approximate surface area is 150 Å². The lowest BCUT2D eigenvalue weighted by Gasteiger charge is -2.10. The molecule has 0 bridgehead atoms. The summed E-state index contributed by atoms with van der Waals surface area (Å²) in [6.45, 7) is 2.12. The van der Waals surface area contributed by atoms with Gasteiger partial charge in [0.25, 0.3) is 21.6 Å². The van der Waals surface area contributed by atoms with Gasteiger partial charge in [0.05, 0.1) is 4.92 Å². The highest BCUT2D eigenvalue weighted by Gasteiger charge is 2.25. The predicted molar refractivity (Wildman–Crippen MR) is 94.5 cm³/mol. The van der Waals surface area contributed by atoms with Crippen molar-refractivity contribution in [3.8, 4) is 5.75 Å². The van der Waals surface area contributed by atoms with Crippen molar-refractivity contribution >= 4 is 27.3 Å². The van der Waals surface area contributed by atoms with Crippen LogP contribution in [0.25, 0.3) is 0 Å². The number of nitrogens with zero attached hydrogens (tertiary/aromatic N) is 1. The summed E-state index contributed by atoms with van der Waals surface area (Å²) in [5, 5.41) is 13.6. The number of benzene rings is 2. The summed E-state index contributed by atoms with van der Waals surface area (Å²) in [5.41, 5.74) is -0.310. The molecule has 10 heteroatoms. The second-order valence-electron chi connectivity index (χ2n) is 5.10. The topological polar surface area (TPSA) is 128 Å². The first-order valence-corrected chi connectivity index (χ1v) is 9.07. The number of nitro benzene ring substituents is 1. The van der Waals surface area contributed by atoms with Crippen molar-refractivity contribution in [2.45, 2.75) is 11.8 Å². The highest BCUT2D eigenvalue weighted by molar-refractivity contribution is 7.92. The van der Waals surface area contributed by atoms with Crippen molar-refractivity contribution in [3.05, 3.63) is 58.6 Å². The van der Waals surface area contributed by atoms with Crippen LogP contribution < -0.4 is 14.8 Å². The average molecular weight is 379 g/mol. The molecule has 26 heavy (non-hydrogen) atoms. The Kier molecular flexibility index (Phi) is 6.12. The zero-order valence-electron chi connectivity index (χ0n) is 13.8. The van der Waals surface area contributed by atoms with Crippen LogP contribution in [0.3, 0.4) is 0 Å². The summed E-state index contributed by atoms with van der Waals surface area (Å²) >= 11 is 0. The quantitative estimate of drug-likeness (QED) is 0.533. The van der Waals surface area contributed by atoms with Gasteiger partial charge in [-0.3, -0.25) is 19.6 Å². The van der Waals surface area contributed by atoms with Gasteiger partial charge in [0, 0.05) is 18.3 Å². The monoisotopic (exact) mass is 379 g/mol. The normalized spacial score (nSPS) is 10.8. The van der Waals surface area contributed by atoms with Crippen LogP contribution in [0.4, 0.5) is 11.4 Å². The second-order valence-corrected chi connectivity index (χ2v) is 6.75. The van der Waals surface area contributed by atoms with Crippen molar-refractivity contribution in [1.82, 2.24) is 5.32 Å². The predicted octanol–water partition coefficient (Wildman–Crippen LogP) is 1.91. The molecule has 1 amide bonds. The van der Waals surface area contributed by atoms with Gasteiger partial charge in [0.1, 0.15) is 5.75 Å². The van der Waals surface area contributed by atoms with Gasteiger partial charge in [-0.1, -0.05) is 12.1 Å². The standard InChI is InChI=1S/C16H17N3O6S/c1-2-17-16(20)11-25-13-9-7-12(8-10-13)18-26(23,24)15-6-4-3-5-14(15)19(21)22/h3-10,18H,2,11H2,1H3,(H,17,20). The zero-order valence-corrected chi connectivity index (χ0v) is 14.7. The van der Waals surface area contributed by atoms with E-state index in [1.807, 2.05) is 0 Å². The lowest BCUT2D eigenvalue weighted by Crippen LogP contribution is -2.28. The number of amides is 1. The van der Waals surface area contributed by atoms with Crippen LogP contribution in [0.1, 0.15) is 6.92 Å². The van der Waals surface area contributed by atoms with E-state index in [4.69, 9.17) is 4.74 Å². The van der Waals surface area contributed by atoms with Crippen LogP contribution in [-0.4, -0.2) is 32.4 Å². The van der Waals surface area contributed by atoms with Crippen molar-refractivity contribution in [2.75, 3.05) is 17.9 Å². The molecule has 0 atom stereocenters. The molecular formula is C16H17N3O6S. The first-order valence-electron chi connectivity index (χ1n) is 7.59. The van der Waals surface area contributed by atoms with Crippen molar-refractivity contribution in [1.29, 1.82) is 0 Å². The number of carbonyl (C=O) groups is 1. The number of nitro groups is 1. The van der Waals surface area contributed by atoms with E-state index in [0.717, 1.165) is 12.1 Å². The second kappa shape index (κ2) is 8.30. The van der Waals surface area contributed by atoms with Gasteiger partial charge in [-0.25, -0.2) is 8.42 Å². The summed E-state index contributed by atoms with van der Waals surface area (Å²) in [6, 6.07) is 10.9. The Bertz CT molecular complexity index is 896. The summed E-state index contributed by atoms with van der Waals surface area (Å²) < 4.78 is 32.3. The van der Waals surface area contributed by atoms with Gasteiger partial charge in [-0.15, -0.1) is 0 Å². The van der Waals surface area contributed by atoms with E-state index in [1.54, 1.807) is 6.92 Å². The van der Waals surface area contributed by atoms with Gasteiger partial charge < -0.3 is 10.1 Å². The van der Waals surface area contributed by atoms with E-state index in [9.17, 15) is 23.3 Å². The van der Waals surface area contributed by atoms with E-state index in [1.165, 1.54) is 36.4 Å². The van der Waals surface area contributed by atoms with Crippen molar-refractivity contribution in [3.63, 3.8) is 0 Å². The van der Waals surface area contributed by atoms with Gasteiger partial charge in [-0.2, -0.15) is 0 Å². The number of nitrogens with one attached hydrogen (secondary N) is 2. The minimum absolute atomic E-state index is 0.158. The van der Waals surface area contributed by atoms with Crippen molar-refractivity contribution < 1.29 is 22.9 Å². The molecule has 0 spiro atoms. The summed E-state index contributed by atoms with van der Waals surface area (Å²) in [5.74, 6) is 0.110. The molecule has 2 aromatic rings. The molecule has 2 aromatic carbocycles. The molecule has 138 valence electrons. The molecule has 2 rings (SSSR count). The molecule has 0 radical (unpaired) electrons. The first kappa shape index (κ1) is 19.2. The fourth-order valence-corrected chi connectivity index (χ4v) is 3.29. The lowest BCUT2D eigenvalue weighted by molar-refractivity contribution is -0.387. The fourth-order valence-electron chi connectivity index (χ4n) is 2.06. The van der Waals surface area contributed by atoms with E-state index in [0.29, 0.717) is 12.3 Å². The highest BCUT2D eigenvalue weighted by atomic mass is 32.2. The van der Waals surface area contributed by atoms with Crippen LogP contribution in [0.2, 0.25) is 0 Å². The number of ether oxygens (including phenoxy) is 1. The molecule has 0 fully saturated rings. The molecule has 9 nitrogen and oxygen atoms in total. The zero-order chi connectivity index (χ0) is 19.2. The number of hydrogen-bond donors (Lipinski definition) is 2. The first-order chi connectivity index (χ1) is 12.3. The summed E-state index contributed by atoms with van der Waals surface area (Å²) in [4.78, 5) is 21.1. The molecule has 0 unspecified atom stereocenters. The molecule has 2 N–H and O–H groups in total. The third kappa shape index (κ3) is 4.93. The smallest absolute Gasteiger partial charge is 0.289 e. The number of sulfonamides is 1. The van der Waals surface area contributed by atoms with Gasteiger partial charge in [-0.05, 0) is 37.3 Å². The number of anilines is 1. The van der Waals surface area contributed by atoms with Gasteiger partial charge in [0.2, 0.25) is 0 Å². The minimum atomic E-state index is -4.13. The third-order valence-corrected chi connectivity index (χ3v) is 4.63. The average Bonchev–Trinajstić information content (AvgIpc) is 2.61. The molecule has 0 aliphatic heterocycles. The van der Waals surface area contributed by atoms with Crippen LogP contribution in [0.15, 0.2) is 53.4 Å². The molecule has 0 heterocycles. The van der Waals surface area contributed by atoms with E-state index >= 15 is 0 Å². The number of carbonyl (C=O) groups excluding carboxylic acids is 1. The van der Waals surface area contributed by atoms with Crippen LogP contribution >= 0.6 is 0 Å². The maximum absolute atomic E-state index is 12.4. The molecule has 0 saturated heterocycles. The largest absolute Gasteiger partial charge is 0.484 e. The number of hydrogen-bond acceptors (Lipinski definition) is 6. The van der Waals surface area contributed by atoms with E-state index in [-0.39, 0.29) is 18.2 Å². The molecule has 0 aliphatic rings.